The molecule has 3 amide bonds. The number of amides is 3. The smallest absolute Gasteiger partial charge is 0.287 e. The van der Waals surface area contributed by atoms with Crippen LogP contribution < -0.4 is 16.0 Å². The molecule has 3 aromatic rings. The summed E-state index contributed by atoms with van der Waals surface area (Å²) in [6.07, 6.45) is 0. The molecule has 1 unspecified atom stereocenters. The summed E-state index contributed by atoms with van der Waals surface area (Å²) in [6.45, 7) is 5.53. The molecule has 8 nitrogen and oxygen atoms in total. The molecule has 2 heterocycles. The molecular weight excluding hydrogens is 408 g/mol. The number of hydrogen-bond donors (Lipinski definition) is 3. The van der Waals surface area contributed by atoms with Crippen molar-refractivity contribution in [3.8, 4) is 11.3 Å². The SMILES string of the molecule is CNC(=O)C(NC(=O)c1ccc(-c2ccc(NC(=O)c3cccc(C)n3)cc2)o1)C(C)C. The van der Waals surface area contributed by atoms with Crippen molar-refractivity contribution in [3.05, 3.63) is 71.7 Å². The first kappa shape index (κ1) is 22.7. The molecule has 166 valence electrons. The fraction of sp³-hybridized carbons (Fsp3) is 0.250. The van der Waals surface area contributed by atoms with Crippen LogP contribution in [0.3, 0.4) is 0 Å². The molecule has 0 aliphatic carbocycles. The highest BCUT2D eigenvalue weighted by molar-refractivity contribution is 6.03. The Labute approximate surface area is 186 Å². The van der Waals surface area contributed by atoms with Gasteiger partial charge in [-0.05, 0) is 61.4 Å². The van der Waals surface area contributed by atoms with E-state index in [0.717, 1.165) is 11.3 Å². The van der Waals surface area contributed by atoms with Crippen LogP contribution in [0.2, 0.25) is 0 Å². The van der Waals surface area contributed by atoms with E-state index in [1.54, 1.807) is 48.5 Å². The zero-order valence-electron chi connectivity index (χ0n) is 18.4. The van der Waals surface area contributed by atoms with Crippen LogP contribution in [0.5, 0.6) is 0 Å². The average molecular weight is 434 g/mol. The van der Waals surface area contributed by atoms with Crippen LogP contribution in [-0.2, 0) is 4.79 Å². The van der Waals surface area contributed by atoms with Crippen molar-refractivity contribution >= 4 is 23.4 Å². The minimum atomic E-state index is -0.660. The third kappa shape index (κ3) is 5.40. The summed E-state index contributed by atoms with van der Waals surface area (Å²) < 4.78 is 5.69. The van der Waals surface area contributed by atoms with Gasteiger partial charge in [0.2, 0.25) is 5.91 Å². The third-order valence-corrected chi connectivity index (χ3v) is 4.86. The maximum atomic E-state index is 12.5. The molecule has 0 radical (unpaired) electrons. The van der Waals surface area contributed by atoms with Gasteiger partial charge in [-0.1, -0.05) is 19.9 Å². The third-order valence-electron chi connectivity index (χ3n) is 4.86. The van der Waals surface area contributed by atoms with Gasteiger partial charge in [-0.2, -0.15) is 0 Å². The number of nitrogens with zero attached hydrogens (tertiary/aromatic N) is 1. The number of anilines is 1. The second-order valence-electron chi connectivity index (χ2n) is 7.67. The van der Waals surface area contributed by atoms with Crippen LogP contribution in [0.1, 0.15) is 40.6 Å². The molecule has 0 fully saturated rings. The van der Waals surface area contributed by atoms with Gasteiger partial charge in [0.25, 0.3) is 11.8 Å². The molecule has 0 bridgehead atoms. The maximum Gasteiger partial charge on any atom is 0.287 e. The number of carbonyl (C=O) groups excluding carboxylic acids is 3. The van der Waals surface area contributed by atoms with E-state index in [2.05, 4.69) is 20.9 Å². The Balaban J connectivity index is 1.67. The number of likely N-dealkylation sites (N-methyl/N-ethyl adjacent to an activating group) is 1. The zero-order valence-corrected chi connectivity index (χ0v) is 18.4. The van der Waals surface area contributed by atoms with Gasteiger partial charge in [-0.3, -0.25) is 14.4 Å². The summed E-state index contributed by atoms with van der Waals surface area (Å²) in [4.78, 5) is 41.0. The van der Waals surface area contributed by atoms with Gasteiger partial charge in [-0.25, -0.2) is 4.98 Å². The molecule has 0 aliphatic heterocycles. The Hall–Kier alpha value is -3.94. The Morgan fingerprint density at radius 3 is 2.28 bits per heavy atom. The summed E-state index contributed by atoms with van der Waals surface area (Å²) in [6, 6.07) is 14.9. The molecule has 0 spiro atoms. The fourth-order valence-corrected chi connectivity index (χ4v) is 3.10. The number of carbonyl (C=O) groups is 3. The van der Waals surface area contributed by atoms with Crippen LogP contribution in [0.25, 0.3) is 11.3 Å². The van der Waals surface area contributed by atoms with Crippen molar-refractivity contribution in [1.82, 2.24) is 15.6 Å². The molecule has 3 rings (SSSR count). The molecule has 0 aliphatic rings. The van der Waals surface area contributed by atoms with E-state index in [9.17, 15) is 14.4 Å². The number of benzene rings is 1. The lowest BCUT2D eigenvalue weighted by molar-refractivity contribution is -0.123. The lowest BCUT2D eigenvalue weighted by Crippen LogP contribution is -2.48. The van der Waals surface area contributed by atoms with Crippen LogP contribution in [0.4, 0.5) is 5.69 Å². The fourth-order valence-electron chi connectivity index (χ4n) is 3.10. The highest BCUT2D eigenvalue weighted by atomic mass is 16.4. The van der Waals surface area contributed by atoms with Gasteiger partial charge < -0.3 is 20.4 Å². The van der Waals surface area contributed by atoms with E-state index in [4.69, 9.17) is 4.42 Å². The first-order chi connectivity index (χ1) is 15.3. The van der Waals surface area contributed by atoms with E-state index in [-0.39, 0.29) is 23.5 Å². The second kappa shape index (κ2) is 9.91. The van der Waals surface area contributed by atoms with E-state index < -0.39 is 11.9 Å². The van der Waals surface area contributed by atoms with E-state index in [1.165, 1.54) is 7.05 Å². The van der Waals surface area contributed by atoms with Crippen LogP contribution >= 0.6 is 0 Å². The van der Waals surface area contributed by atoms with Crippen molar-refractivity contribution < 1.29 is 18.8 Å². The first-order valence-electron chi connectivity index (χ1n) is 10.3. The molecular formula is C24H26N4O4. The minimum Gasteiger partial charge on any atom is -0.451 e. The highest BCUT2D eigenvalue weighted by Crippen LogP contribution is 2.24. The summed E-state index contributed by atoms with van der Waals surface area (Å²) in [5.41, 5.74) is 2.45. The number of aromatic nitrogens is 1. The maximum absolute atomic E-state index is 12.5. The standard InChI is InChI=1S/C24H26N4O4/c1-14(2)21(24(31)25-4)28-23(30)20-13-12-19(32-20)16-8-10-17(11-9-16)27-22(29)18-7-5-6-15(3)26-18/h5-14,21H,1-4H3,(H,25,31)(H,27,29)(H,28,30). The van der Waals surface area contributed by atoms with Gasteiger partial charge in [-0.15, -0.1) is 0 Å². The molecule has 1 aromatic carbocycles. The van der Waals surface area contributed by atoms with Gasteiger partial charge in [0.05, 0.1) is 0 Å². The van der Waals surface area contributed by atoms with Crippen molar-refractivity contribution in [2.75, 3.05) is 12.4 Å². The van der Waals surface area contributed by atoms with Gasteiger partial charge >= 0.3 is 0 Å². The molecule has 3 N–H and O–H groups in total. The quantitative estimate of drug-likeness (QED) is 0.527. The summed E-state index contributed by atoms with van der Waals surface area (Å²) in [7, 11) is 1.53. The molecule has 0 saturated heterocycles. The van der Waals surface area contributed by atoms with Gasteiger partial charge in [0, 0.05) is 24.0 Å². The lowest BCUT2D eigenvalue weighted by atomic mass is 10.0. The van der Waals surface area contributed by atoms with E-state index >= 15 is 0 Å². The Morgan fingerprint density at radius 2 is 1.66 bits per heavy atom. The van der Waals surface area contributed by atoms with Crippen molar-refractivity contribution in [3.63, 3.8) is 0 Å². The summed E-state index contributed by atoms with van der Waals surface area (Å²) in [5.74, 6) is -0.501. The topological polar surface area (TPSA) is 113 Å². The minimum absolute atomic E-state index is 0.0777. The Morgan fingerprint density at radius 1 is 0.938 bits per heavy atom. The molecule has 0 saturated carbocycles. The Kier molecular flexibility index (Phi) is 7.04. The lowest BCUT2D eigenvalue weighted by Gasteiger charge is -2.19. The monoisotopic (exact) mass is 434 g/mol. The van der Waals surface area contributed by atoms with Crippen molar-refractivity contribution in [2.45, 2.75) is 26.8 Å². The number of furan rings is 1. The van der Waals surface area contributed by atoms with Crippen LogP contribution in [-0.4, -0.2) is 35.8 Å². The van der Waals surface area contributed by atoms with Gasteiger partial charge in [0.1, 0.15) is 17.5 Å². The van der Waals surface area contributed by atoms with E-state index in [0.29, 0.717) is 17.1 Å². The number of pyridine rings is 1. The largest absolute Gasteiger partial charge is 0.451 e. The van der Waals surface area contributed by atoms with Crippen LogP contribution in [0.15, 0.2) is 59.0 Å². The number of rotatable bonds is 7. The van der Waals surface area contributed by atoms with Crippen LogP contribution in [0, 0.1) is 12.8 Å². The molecule has 8 heteroatoms. The highest BCUT2D eigenvalue weighted by Gasteiger charge is 2.25. The number of nitrogens with one attached hydrogen (secondary N) is 3. The average Bonchev–Trinajstić information content (AvgIpc) is 3.27. The predicted molar refractivity (Wildman–Crippen MR) is 121 cm³/mol. The second-order valence-corrected chi connectivity index (χ2v) is 7.67. The molecule has 2 aromatic heterocycles. The number of hydrogen-bond acceptors (Lipinski definition) is 5. The van der Waals surface area contributed by atoms with Crippen molar-refractivity contribution in [2.24, 2.45) is 5.92 Å². The molecule has 32 heavy (non-hydrogen) atoms. The zero-order chi connectivity index (χ0) is 23.3. The predicted octanol–water partition coefficient (Wildman–Crippen LogP) is 3.40. The van der Waals surface area contributed by atoms with Crippen molar-refractivity contribution in [1.29, 1.82) is 0 Å². The first-order valence-corrected chi connectivity index (χ1v) is 10.3. The summed E-state index contributed by atoms with van der Waals surface area (Å²) >= 11 is 0. The number of aryl methyl sites for hydroxylation is 1. The van der Waals surface area contributed by atoms with E-state index in [1.807, 2.05) is 26.8 Å². The van der Waals surface area contributed by atoms with Gasteiger partial charge in [0.15, 0.2) is 5.76 Å². The summed E-state index contributed by atoms with van der Waals surface area (Å²) in [5, 5.41) is 8.05. The normalized spacial score (nSPS) is 11.7. The Bertz CT molecular complexity index is 1120. The molecule has 1 atom stereocenters.